The van der Waals surface area contributed by atoms with E-state index in [0.717, 1.165) is 18.8 Å². The van der Waals surface area contributed by atoms with Gasteiger partial charge < -0.3 is 19.9 Å². The van der Waals surface area contributed by atoms with Gasteiger partial charge in [-0.15, -0.1) is 0 Å². The number of nitrogens with zero attached hydrogens (tertiary/aromatic N) is 2. The van der Waals surface area contributed by atoms with Crippen LogP contribution in [0.25, 0.3) is 0 Å². The van der Waals surface area contributed by atoms with Crippen LogP contribution < -0.4 is 10.6 Å². The number of hydrogen-bond acceptors (Lipinski definition) is 4. The molecule has 2 N–H and O–H groups in total. The van der Waals surface area contributed by atoms with E-state index in [1.165, 1.54) is 0 Å². The molecule has 6 heteroatoms. The summed E-state index contributed by atoms with van der Waals surface area (Å²) in [4.78, 5) is 16.2. The molecule has 106 valence electrons. The first kappa shape index (κ1) is 13.9. The Kier molecular flexibility index (Phi) is 3.80. The molecule has 1 fully saturated rings. The van der Waals surface area contributed by atoms with Gasteiger partial charge in [0.1, 0.15) is 5.60 Å². The smallest absolute Gasteiger partial charge is 0.407 e. The summed E-state index contributed by atoms with van der Waals surface area (Å²) in [5, 5.41) is 6.20. The Labute approximate surface area is 113 Å². The summed E-state index contributed by atoms with van der Waals surface area (Å²) in [6, 6.07) is 0.0183. The normalized spacial score (nSPS) is 23.4. The molecule has 0 bridgehead atoms. The number of alkyl carbamates (subject to hydrolysis) is 1. The van der Waals surface area contributed by atoms with Gasteiger partial charge in [0.05, 0.1) is 18.1 Å². The summed E-state index contributed by atoms with van der Waals surface area (Å²) in [6.45, 7) is 7.12. The molecule has 1 amide bonds. The fourth-order valence-electron chi connectivity index (χ4n) is 2.22. The number of carbonyl (C=O) groups excluding carboxylic acids is 1. The maximum Gasteiger partial charge on any atom is 0.407 e. The van der Waals surface area contributed by atoms with Crippen molar-refractivity contribution < 1.29 is 9.53 Å². The summed E-state index contributed by atoms with van der Waals surface area (Å²) in [7, 11) is 1.94. The molecule has 0 aromatic carbocycles. The topological polar surface area (TPSA) is 68.2 Å². The first-order valence-electron chi connectivity index (χ1n) is 6.53. The lowest BCUT2D eigenvalue weighted by Crippen LogP contribution is -2.42. The third kappa shape index (κ3) is 3.70. The minimum atomic E-state index is -0.476. The average Bonchev–Trinajstić information content (AvgIpc) is 2.83. The highest BCUT2D eigenvalue weighted by Crippen LogP contribution is 2.21. The predicted molar refractivity (Wildman–Crippen MR) is 72.0 cm³/mol. The molecule has 6 nitrogen and oxygen atoms in total. The van der Waals surface area contributed by atoms with Crippen molar-refractivity contribution >= 4 is 6.09 Å². The van der Waals surface area contributed by atoms with Crippen molar-refractivity contribution in [1.82, 2.24) is 20.2 Å². The fraction of sp³-hybridized carbons (Fsp3) is 0.692. The van der Waals surface area contributed by atoms with Crippen molar-refractivity contribution in [3.63, 3.8) is 0 Å². The monoisotopic (exact) mass is 266 g/mol. The zero-order valence-corrected chi connectivity index (χ0v) is 11.9. The van der Waals surface area contributed by atoms with Crippen molar-refractivity contribution in [3.8, 4) is 0 Å². The molecule has 2 rings (SSSR count). The molecule has 0 radical (unpaired) electrons. The molecule has 1 aromatic rings. The van der Waals surface area contributed by atoms with E-state index in [1.807, 2.05) is 38.6 Å². The number of amides is 1. The lowest BCUT2D eigenvalue weighted by molar-refractivity contribution is 0.0504. The van der Waals surface area contributed by atoms with Crippen LogP contribution in [0.1, 0.15) is 32.4 Å². The van der Waals surface area contributed by atoms with Crippen LogP contribution in [0, 0.1) is 0 Å². The molecule has 1 aliphatic rings. The molecule has 1 aliphatic heterocycles. The Morgan fingerprint density at radius 1 is 1.53 bits per heavy atom. The number of aromatic nitrogens is 2. The van der Waals surface area contributed by atoms with E-state index in [1.54, 1.807) is 6.33 Å². The van der Waals surface area contributed by atoms with E-state index < -0.39 is 5.60 Å². The van der Waals surface area contributed by atoms with Gasteiger partial charge in [0.2, 0.25) is 0 Å². The zero-order chi connectivity index (χ0) is 14.0. The molecule has 2 heterocycles. The minimum absolute atomic E-state index is 0.0183. The van der Waals surface area contributed by atoms with Gasteiger partial charge in [-0.1, -0.05) is 0 Å². The van der Waals surface area contributed by atoms with E-state index in [9.17, 15) is 4.79 Å². The standard InChI is InChI=1S/C13H22N4O2/c1-13(2,3)19-12(18)16-10-6-14-5-9(10)11-7-17(4)8-15-11/h7-10,14H,5-6H2,1-4H3,(H,16,18)/t9-,10-/m1/s1. The van der Waals surface area contributed by atoms with Crippen LogP contribution in [0.15, 0.2) is 12.5 Å². The van der Waals surface area contributed by atoms with E-state index >= 15 is 0 Å². The Morgan fingerprint density at radius 2 is 2.26 bits per heavy atom. The lowest BCUT2D eigenvalue weighted by atomic mass is 10.0. The second-order valence-electron chi connectivity index (χ2n) is 5.98. The van der Waals surface area contributed by atoms with Crippen LogP contribution in [-0.4, -0.2) is 40.4 Å². The van der Waals surface area contributed by atoms with Crippen LogP contribution in [0.5, 0.6) is 0 Å². The van der Waals surface area contributed by atoms with E-state index in [0.29, 0.717) is 0 Å². The highest BCUT2D eigenvalue weighted by Gasteiger charge is 2.32. The van der Waals surface area contributed by atoms with Crippen LogP contribution >= 0.6 is 0 Å². The molecule has 0 spiro atoms. The molecular weight excluding hydrogens is 244 g/mol. The molecule has 0 saturated carbocycles. The number of carbonyl (C=O) groups is 1. The van der Waals surface area contributed by atoms with Gasteiger partial charge in [0, 0.05) is 32.3 Å². The largest absolute Gasteiger partial charge is 0.444 e. The van der Waals surface area contributed by atoms with E-state index in [4.69, 9.17) is 4.74 Å². The lowest BCUT2D eigenvalue weighted by Gasteiger charge is -2.23. The summed E-state index contributed by atoms with van der Waals surface area (Å²) in [5.74, 6) is 0.189. The number of nitrogens with one attached hydrogen (secondary N) is 2. The van der Waals surface area contributed by atoms with Crippen LogP contribution in [0.2, 0.25) is 0 Å². The SMILES string of the molecule is Cn1cnc([C@@H]2CNC[C@H]2NC(=O)OC(C)(C)C)c1. The predicted octanol–water partition coefficient (Wildman–Crippen LogP) is 1.00. The summed E-state index contributed by atoms with van der Waals surface area (Å²) in [5.41, 5.74) is 0.518. The summed E-state index contributed by atoms with van der Waals surface area (Å²) in [6.07, 6.45) is 3.39. The molecule has 1 aromatic heterocycles. The fourth-order valence-corrected chi connectivity index (χ4v) is 2.22. The van der Waals surface area contributed by atoms with Crippen LogP contribution in [0.3, 0.4) is 0 Å². The second-order valence-corrected chi connectivity index (χ2v) is 5.98. The van der Waals surface area contributed by atoms with E-state index in [-0.39, 0.29) is 18.1 Å². The number of imidazole rings is 1. The molecule has 19 heavy (non-hydrogen) atoms. The van der Waals surface area contributed by atoms with Crippen LogP contribution in [0.4, 0.5) is 4.79 Å². The van der Waals surface area contributed by atoms with Crippen molar-refractivity contribution in [3.05, 3.63) is 18.2 Å². The highest BCUT2D eigenvalue weighted by atomic mass is 16.6. The zero-order valence-electron chi connectivity index (χ0n) is 11.9. The van der Waals surface area contributed by atoms with Gasteiger partial charge in [-0.05, 0) is 20.8 Å². The number of hydrogen-bond donors (Lipinski definition) is 2. The Balaban J connectivity index is 1.98. The van der Waals surface area contributed by atoms with Gasteiger partial charge in [0.25, 0.3) is 0 Å². The maximum absolute atomic E-state index is 11.8. The molecule has 1 saturated heterocycles. The van der Waals surface area contributed by atoms with Crippen molar-refractivity contribution in [1.29, 1.82) is 0 Å². The third-order valence-electron chi connectivity index (χ3n) is 3.02. The Hall–Kier alpha value is -1.56. The van der Waals surface area contributed by atoms with Gasteiger partial charge >= 0.3 is 6.09 Å². The Bertz CT molecular complexity index is 450. The molecular formula is C13H22N4O2. The number of ether oxygens (including phenoxy) is 1. The third-order valence-corrected chi connectivity index (χ3v) is 3.02. The molecule has 2 atom stereocenters. The Morgan fingerprint density at radius 3 is 2.84 bits per heavy atom. The first-order valence-corrected chi connectivity index (χ1v) is 6.53. The molecule has 0 unspecified atom stereocenters. The van der Waals surface area contributed by atoms with Gasteiger partial charge in [-0.25, -0.2) is 9.78 Å². The van der Waals surface area contributed by atoms with Gasteiger partial charge in [-0.3, -0.25) is 0 Å². The highest BCUT2D eigenvalue weighted by molar-refractivity contribution is 5.68. The van der Waals surface area contributed by atoms with Gasteiger partial charge in [0.15, 0.2) is 0 Å². The first-order chi connectivity index (χ1) is 8.85. The number of aryl methyl sites for hydroxylation is 1. The quantitative estimate of drug-likeness (QED) is 0.838. The second kappa shape index (κ2) is 5.21. The molecule has 0 aliphatic carbocycles. The van der Waals surface area contributed by atoms with Crippen molar-refractivity contribution in [2.45, 2.75) is 38.3 Å². The van der Waals surface area contributed by atoms with E-state index in [2.05, 4.69) is 15.6 Å². The number of rotatable bonds is 2. The average molecular weight is 266 g/mol. The van der Waals surface area contributed by atoms with Gasteiger partial charge in [-0.2, -0.15) is 0 Å². The summed E-state index contributed by atoms with van der Waals surface area (Å²) < 4.78 is 7.20. The minimum Gasteiger partial charge on any atom is -0.444 e. The van der Waals surface area contributed by atoms with Crippen molar-refractivity contribution in [2.24, 2.45) is 7.05 Å². The van der Waals surface area contributed by atoms with Crippen molar-refractivity contribution in [2.75, 3.05) is 13.1 Å². The van der Waals surface area contributed by atoms with Crippen LogP contribution in [-0.2, 0) is 11.8 Å². The summed E-state index contributed by atoms with van der Waals surface area (Å²) >= 11 is 0. The maximum atomic E-state index is 11.8.